The Morgan fingerprint density at radius 2 is 1.33 bits per heavy atom. The molecule has 0 spiro atoms. The number of rotatable bonds is 0. The molecule has 4 aromatic rings. The van der Waals surface area contributed by atoms with E-state index in [1.807, 2.05) is 48.8 Å². The zero-order valence-corrected chi connectivity index (χ0v) is 14.7. The van der Waals surface area contributed by atoms with E-state index >= 15 is 0 Å². The summed E-state index contributed by atoms with van der Waals surface area (Å²) in [4.78, 5) is 27.8. The summed E-state index contributed by atoms with van der Waals surface area (Å²) in [5.74, 6) is -1.06. The van der Waals surface area contributed by atoms with Gasteiger partial charge >= 0.3 is 11.8 Å². The Bertz CT molecular complexity index is 931. The van der Waals surface area contributed by atoms with Crippen molar-refractivity contribution < 1.29 is 9.59 Å². The molecule has 0 bridgehead atoms. The Balaban J connectivity index is 0.000000118. The number of aromatic nitrogens is 2. The summed E-state index contributed by atoms with van der Waals surface area (Å²) >= 11 is 0. The molecule has 2 aromatic carbocycles. The molecule has 6 nitrogen and oxygen atoms in total. The first-order chi connectivity index (χ1) is 13.2. The van der Waals surface area contributed by atoms with Crippen LogP contribution in [0.2, 0.25) is 0 Å². The number of H-pyrrole nitrogens is 1. The van der Waals surface area contributed by atoms with Crippen molar-refractivity contribution in [3.05, 3.63) is 79.1 Å². The predicted octanol–water partition coefficient (Wildman–Crippen LogP) is 2.64. The zero-order chi connectivity index (χ0) is 18.9. The number of nitrogens with zero attached hydrogens (tertiary/aromatic N) is 1. The van der Waals surface area contributed by atoms with Crippen LogP contribution in [0.3, 0.4) is 0 Å². The fourth-order valence-electron chi connectivity index (χ4n) is 2.52. The van der Waals surface area contributed by atoms with E-state index in [1.165, 1.54) is 16.3 Å². The molecule has 1 aliphatic heterocycles. The molecule has 0 aliphatic carbocycles. The molecule has 2 aromatic heterocycles. The highest BCUT2D eigenvalue weighted by Crippen LogP contribution is 2.09. The average molecular weight is 360 g/mol. The maximum absolute atomic E-state index is 10.3. The van der Waals surface area contributed by atoms with Crippen LogP contribution in [0.4, 0.5) is 0 Å². The first-order valence-electron chi connectivity index (χ1n) is 8.62. The van der Waals surface area contributed by atoms with Crippen molar-refractivity contribution in [3.63, 3.8) is 0 Å². The lowest BCUT2D eigenvalue weighted by Gasteiger charge is -2.10. The highest BCUT2D eigenvalue weighted by atomic mass is 16.2. The van der Waals surface area contributed by atoms with Crippen LogP contribution in [0.5, 0.6) is 0 Å². The van der Waals surface area contributed by atoms with Crippen LogP contribution in [0.1, 0.15) is 0 Å². The first kappa shape index (κ1) is 18.1. The average Bonchev–Trinajstić information content (AvgIpc) is 3.20. The summed E-state index contributed by atoms with van der Waals surface area (Å²) in [6.07, 6.45) is 3.76. The Morgan fingerprint density at radius 3 is 2.00 bits per heavy atom. The minimum absolute atomic E-state index is 0.531. The van der Waals surface area contributed by atoms with Gasteiger partial charge in [-0.15, -0.1) is 0 Å². The molecule has 3 N–H and O–H groups in total. The molecule has 3 heterocycles. The summed E-state index contributed by atoms with van der Waals surface area (Å²) in [6, 6.07) is 22.4. The van der Waals surface area contributed by atoms with E-state index in [0.29, 0.717) is 13.1 Å². The molecule has 2 amide bonds. The number of benzene rings is 2. The lowest BCUT2D eigenvalue weighted by molar-refractivity contribution is -0.140. The van der Waals surface area contributed by atoms with Gasteiger partial charge in [-0.1, -0.05) is 42.5 Å². The minimum Gasteiger partial charge on any atom is -0.361 e. The van der Waals surface area contributed by atoms with Gasteiger partial charge in [0.2, 0.25) is 0 Å². The quantitative estimate of drug-likeness (QED) is 0.421. The number of pyridine rings is 1. The van der Waals surface area contributed by atoms with E-state index in [1.54, 1.807) is 0 Å². The SMILES string of the molecule is O=C1NCCNC1=O.c1ccc2[nH]ccc2c1.c1ccc2ncccc2c1. The second kappa shape index (κ2) is 9.15. The van der Waals surface area contributed by atoms with Gasteiger partial charge in [0.15, 0.2) is 0 Å². The van der Waals surface area contributed by atoms with Gasteiger partial charge in [-0.2, -0.15) is 0 Å². The number of hydrogen-bond donors (Lipinski definition) is 3. The lowest BCUT2D eigenvalue weighted by Crippen LogP contribution is -2.49. The molecule has 5 rings (SSSR count). The molecule has 1 saturated heterocycles. The standard InChI is InChI=1S/C9H7N.C8H7N.C4H6N2O2/c1-2-6-9-8(4-1)5-3-7-10-9;1-2-4-8-7(3-1)5-6-9-8;7-3-4(8)6-2-1-5-3/h1-7H;1-6,9H;1-2H2,(H,5,7)(H,6,8). The maximum Gasteiger partial charge on any atom is 0.309 e. The summed E-state index contributed by atoms with van der Waals surface area (Å²) in [5.41, 5.74) is 2.27. The Kier molecular flexibility index (Phi) is 6.14. The van der Waals surface area contributed by atoms with Gasteiger partial charge in [-0.05, 0) is 29.7 Å². The predicted molar refractivity (Wildman–Crippen MR) is 106 cm³/mol. The molecule has 0 atom stereocenters. The smallest absolute Gasteiger partial charge is 0.309 e. The molecular formula is C21H20N4O2. The largest absolute Gasteiger partial charge is 0.361 e. The topological polar surface area (TPSA) is 86.9 Å². The second-order valence-corrected chi connectivity index (χ2v) is 5.77. The van der Waals surface area contributed by atoms with Crippen molar-refractivity contribution in [1.82, 2.24) is 20.6 Å². The van der Waals surface area contributed by atoms with Crippen LogP contribution in [0.15, 0.2) is 79.1 Å². The molecule has 136 valence electrons. The minimum atomic E-state index is -0.531. The summed E-state index contributed by atoms with van der Waals surface area (Å²) in [6.45, 7) is 1.09. The lowest BCUT2D eigenvalue weighted by atomic mass is 10.2. The number of carbonyl (C=O) groups is 2. The van der Waals surface area contributed by atoms with E-state index < -0.39 is 11.8 Å². The molecule has 1 fully saturated rings. The molecule has 0 unspecified atom stereocenters. The van der Waals surface area contributed by atoms with Crippen molar-refractivity contribution in [3.8, 4) is 0 Å². The Hall–Kier alpha value is -3.67. The van der Waals surface area contributed by atoms with Crippen molar-refractivity contribution in [2.75, 3.05) is 13.1 Å². The number of carbonyl (C=O) groups excluding carboxylic acids is 2. The van der Waals surface area contributed by atoms with Crippen LogP contribution in [0.25, 0.3) is 21.8 Å². The fourth-order valence-corrected chi connectivity index (χ4v) is 2.52. The Morgan fingerprint density at radius 1 is 0.704 bits per heavy atom. The second-order valence-electron chi connectivity index (χ2n) is 5.77. The highest BCUT2D eigenvalue weighted by molar-refractivity contribution is 6.35. The summed E-state index contributed by atoms with van der Waals surface area (Å²) < 4.78 is 0. The van der Waals surface area contributed by atoms with E-state index in [0.717, 1.165) is 5.52 Å². The van der Waals surface area contributed by atoms with Gasteiger partial charge in [-0.3, -0.25) is 14.6 Å². The van der Waals surface area contributed by atoms with E-state index in [9.17, 15) is 9.59 Å². The Labute approximate surface area is 156 Å². The molecule has 1 aliphatic rings. The number of piperazine rings is 1. The van der Waals surface area contributed by atoms with Crippen LogP contribution in [-0.2, 0) is 9.59 Å². The number of para-hydroxylation sites is 2. The molecule has 0 saturated carbocycles. The van der Waals surface area contributed by atoms with E-state index in [4.69, 9.17) is 0 Å². The van der Waals surface area contributed by atoms with Crippen LogP contribution in [0, 0.1) is 0 Å². The van der Waals surface area contributed by atoms with E-state index in [2.05, 4.69) is 50.9 Å². The third-order valence-electron chi connectivity index (χ3n) is 3.88. The molecule has 27 heavy (non-hydrogen) atoms. The number of nitrogens with one attached hydrogen (secondary N) is 3. The number of amides is 2. The summed E-state index contributed by atoms with van der Waals surface area (Å²) in [5, 5.41) is 7.24. The zero-order valence-electron chi connectivity index (χ0n) is 14.7. The van der Waals surface area contributed by atoms with Gasteiger partial charge in [-0.25, -0.2) is 0 Å². The van der Waals surface area contributed by atoms with E-state index in [-0.39, 0.29) is 0 Å². The van der Waals surface area contributed by atoms with Crippen LogP contribution >= 0.6 is 0 Å². The van der Waals surface area contributed by atoms with Gasteiger partial charge in [0, 0.05) is 36.4 Å². The van der Waals surface area contributed by atoms with Gasteiger partial charge in [0.25, 0.3) is 0 Å². The van der Waals surface area contributed by atoms with Crippen LogP contribution < -0.4 is 10.6 Å². The van der Waals surface area contributed by atoms with Gasteiger partial charge < -0.3 is 15.6 Å². The molecule has 0 radical (unpaired) electrons. The fraction of sp³-hybridized carbons (Fsp3) is 0.0952. The molecule has 6 heteroatoms. The van der Waals surface area contributed by atoms with Crippen molar-refractivity contribution in [2.24, 2.45) is 0 Å². The monoisotopic (exact) mass is 360 g/mol. The van der Waals surface area contributed by atoms with Gasteiger partial charge in [0.05, 0.1) is 5.52 Å². The number of fused-ring (bicyclic) bond motifs is 2. The van der Waals surface area contributed by atoms with Crippen LogP contribution in [-0.4, -0.2) is 34.9 Å². The van der Waals surface area contributed by atoms with Crippen molar-refractivity contribution in [2.45, 2.75) is 0 Å². The number of hydrogen-bond acceptors (Lipinski definition) is 3. The third-order valence-corrected chi connectivity index (χ3v) is 3.88. The van der Waals surface area contributed by atoms with Crippen molar-refractivity contribution >= 4 is 33.6 Å². The third kappa shape index (κ3) is 5.15. The first-order valence-corrected chi connectivity index (χ1v) is 8.62. The van der Waals surface area contributed by atoms with Crippen molar-refractivity contribution in [1.29, 1.82) is 0 Å². The summed E-state index contributed by atoms with van der Waals surface area (Å²) in [7, 11) is 0. The maximum atomic E-state index is 10.3. The number of aromatic amines is 1. The highest BCUT2D eigenvalue weighted by Gasteiger charge is 2.15. The molecular weight excluding hydrogens is 340 g/mol. The normalized spacial score (nSPS) is 12.9. The van der Waals surface area contributed by atoms with Gasteiger partial charge in [0.1, 0.15) is 0 Å².